The number of carbonyl (C=O) groups is 1. The minimum atomic E-state index is -0.119. The molecule has 1 aliphatic heterocycles. The maximum atomic E-state index is 11.9. The molecule has 0 radical (unpaired) electrons. The molecule has 2 rings (SSSR count). The molecule has 1 heterocycles. The molecule has 5 heteroatoms. The Morgan fingerprint density at radius 1 is 1.42 bits per heavy atom. The van der Waals surface area contributed by atoms with E-state index >= 15 is 0 Å². The maximum Gasteiger partial charge on any atom is 0.238 e. The number of piperazine rings is 1. The Hall–Kier alpha value is -1.59. The lowest BCUT2D eigenvalue weighted by Crippen LogP contribution is -2.55. The van der Waals surface area contributed by atoms with E-state index in [4.69, 9.17) is 4.74 Å². The maximum absolute atomic E-state index is 11.9. The fourth-order valence-electron chi connectivity index (χ4n) is 2.19. The molecule has 19 heavy (non-hydrogen) atoms. The van der Waals surface area contributed by atoms with Crippen molar-refractivity contribution in [3.8, 4) is 5.75 Å². The molecule has 1 aliphatic rings. The van der Waals surface area contributed by atoms with E-state index in [1.807, 2.05) is 24.3 Å². The van der Waals surface area contributed by atoms with Crippen LogP contribution in [0.25, 0.3) is 0 Å². The second-order valence-electron chi connectivity index (χ2n) is 4.56. The molecular weight excluding hydrogens is 242 g/mol. The van der Waals surface area contributed by atoms with Crippen LogP contribution in [0.4, 0.5) is 0 Å². The van der Waals surface area contributed by atoms with Gasteiger partial charge in [-0.1, -0.05) is 18.2 Å². The van der Waals surface area contributed by atoms with Crippen LogP contribution in [0, 0.1) is 0 Å². The van der Waals surface area contributed by atoms with E-state index in [9.17, 15) is 4.79 Å². The first-order chi connectivity index (χ1) is 9.31. The number of hydrogen-bond acceptors (Lipinski definition) is 4. The Morgan fingerprint density at radius 2 is 2.26 bits per heavy atom. The Morgan fingerprint density at radius 3 is 3.00 bits per heavy atom. The highest BCUT2D eigenvalue weighted by Gasteiger charge is 2.19. The fraction of sp³-hybridized carbons (Fsp3) is 0.500. The van der Waals surface area contributed by atoms with E-state index in [0.717, 1.165) is 30.8 Å². The molecule has 5 nitrogen and oxygen atoms in total. The lowest BCUT2D eigenvalue weighted by molar-refractivity contribution is -0.123. The minimum Gasteiger partial charge on any atom is -0.496 e. The van der Waals surface area contributed by atoms with Crippen LogP contribution in [0.1, 0.15) is 5.56 Å². The SMILES string of the molecule is COc1ccccc1CCNC(=O)C1CNCCN1. The van der Waals surface area contributed by atoms with Gasteiger partial charge in [-0.2, -0.15) is 0 Å². The third-order valence-electron chi connectivity index (χ3n) is 3.24. The Bertz CT molecular complexity index is 417. The Labute approximate surface area is 113 Å². The molecule has 1 fully saturated rings. The lowest BCUT2D eigenvalue weighted by atomic mass is 10.1. The highest BCUT2D eigenvalue weighted by atomic mass is 16.5. The van der Waals surface area contributed by atoms with Crippen molar-refractivity contribution in [2.75, 3.05) is 33.3 Å². The predicted molar refractivity (Wildman–Crippen MR) is 74.4 cm³/mol. The van der Waals surface area contributed by atoms with E-state index < -0.39 is 0 Å². The predicted octanol–water partition coefficient (Wildman–Crippen LogP) is -0.0847. The molecule has 104 valence electrons. The molecule has 1 unspecified atom stereocenters. The number of para-hydroxylation sites is 1. The van der Waals surface area contributed by atoms with E-state index in [1.54, 1.807) is 7.11 Å². The number of methoxy groups -OCH3 is 1. The van der Waals surface area contributed by atoms with Gasteiger partial charge >= 0.3 is 0 Å². The number of amides is 1. The first-order valence-electron chi connectivity index (χ1n) is 6.65. The van der Waals surface area contributed by atoms with Crippen LogP contribution >= 0.6 is 0 Å². The molecule has 0 aromatic heterocycles. The van der Waals surface area contributed by atoms with Crippen molar-refractivity contribution < 1.29 is 9.53 Å². The smallest absolute Gasteiger partial charge is 0.238 e. The summed E-state index contributed by atoms with van der Waals surface area (Å²) in [4.78, 5) is 11.9. The van der Waals surface area contributed by atoms with Crippen molar-refractivity contribution in [3.05, 3.63) is 29.8 Å². The van der Waals surface area contributed by atoms with E-state index in [0.29, 0.717) is 13.1 Å². The number of nitrogens with one attached hydrogen (secondary N) is 3. The zero-order valence-corrected chi connectivity index (χ0v) is 11.2. The monoisotopic (exact) mass is 263 g/mol. The molecule has 0 spiro atoms. The summed E-state index contributed by atoms with van der Waals surface area (Å²) in [5.41, 5.74) is 1.11. The van der Waals surface area contributed by atoms with E-state index in [1.165, 1.54) is 0 Å². The summed E-state index contributed by atoms with van der Waals surface area (Å²) in [6.07, 6.45) is 0.774. The van der Waals surface area contributed by atoms with Gasteiger partial charge in [0.25, 0.3) is 0 Å². The van der Waals surface area contributed by atoms with Crippen LogP contribution in [-0.4, -0.2) is 45.2 Å². The Balaban J connectivity index is 1.78. The lowest BCUT2D eigenvalue weighted by Gasteiger charge is -2.23. The summed E-state index contributed by atoms with van der Waals surface area (Å²) in [5, 5.41) is 9.34. The average Bonchev–Trinajstić information content (AvgIpc) is 2.48. The minimum absolute atomic E-state index is 0.0575. The molecule has 0 aliphatic carbocycles. The molecule has 1 atom stereocenters. The van der Waals surface area contributed by atoms with Gasteiger partial charge in [0, 0.05) is 26.2 Å². The molecule has 0 saturated carbocycles. The molecule has 1 amide bonds. The van der Waals surface area contributed by atoms with Crippen LogP contribution in [0.2, 0.25) is 0 Å². The number of benzene rings is 1. The number of rotatable bonds is 5. The average molecular weight is 263 g/mol. The van der Waals surface area contributed by atoms with Gasteiger partial charge in [0.2, 0.25) is 5.91 Å². The summed E-state index contributed by atoms with van der Waals surface area (Å²) in [6, 6.07) is 7.76. The summed E-state index contributed by atoms with van der Waals surface area (Å²) >= 11 is 0. The van der Waals surface area contributed by atoms with Gasteiger partial charge in [0.15, 0.2) is 0 Å². The highest BCUT2D eigenvalue weighted by Crippen LogP contribution is 2.17. The van der Waals surface area contributed by atoms with Gasteiger partial charge in [-0.25, -0.2) is 0 Å². The second kappa shape index (κ2) is 7.11. The summed E-state index contributed by atoms with van der Waals surface area (Å²) in [6.45, 7) is 3.08. The van der Waals surface area contributed by atoms with Crippen molar-refractivity contribution in [1.29, 1.82) is 0 Å². The first-order valence-corrected chi connectivity index (χ1v) is 6.65. The number of carbonyl (C=O) groups excluding carboxylic acids is 1. The summed E-state index contributed by atoms with van der Waals surface area (Å²) < 4.78 is 5.28. The third-order valence-corrected chi connectivity index (χ3v) is 3.24. The van der Waals surface area contributed by atoms with Crippen molar-refractivity contribution in [3.63, 3.8) is 0 Å². The van der Waals surface area contributed by atoms with E-state index in [-0.39, 0.29) is 11.9 Å². The summed E-state index contributed by atoms with van der Waals surface area (Å²) in [5.74, 6) is 0.927. The van der Waals surface area contributed by atoms with E-state index in [2.05, 4.69) is 16.0 Å². The van der Waals surface area contributed by atoms with Crippen molar-refractivity contribution in [2.24, 2.45) is 0 Å². The number of ether oxygens (including phenoxy) is 1. The topological polar surface area (TPSA) is 62.4 Å². The molecule has 3 N–H and O–H groups in total. The molecule has 0 bridgehead atoms. The summed E-state index contributed by atoms with van der Waals surface area (Å²) in [7, 11) is 1.66. The molecule has 1 aromatic carbocycles. The second-order valence-corrected chi connectivity index (χ2v) is 4.56. The third kappa shape index (κ3) is 3.94. The fourth-order valence-corrected chi connectivity index (χ4v) is 2.19. The van der Waals surface area contributed by atoms with Crippen LogP contribution in [0.5, 0.6) is 5.75 Å². The van der Waals surface area contributed by atoms with Gasteiger partial charge in [-0.05, 0) is 18.1 Å². The highest BCUT2D eigenvalue weighted by molar-refractivity contribution is 5.82. The Kier molecular flexibility index (Phi) is 5.18. The van der Waals surface area contributed by atoms with Crippen LogP contribution in [-0.2, 0) is 11.2 Å². The zero-order valence-electron chi connectivity index (χ0n) is 11.2. The zero-order chi connectivity index (χ0) is 13.5. The quantitative estimate of drug-likeness (QED) is 0.695. The standard InChI is InChI=1S/C14H21N3O2/c1-19-13-5-3-2-4-11(13)6-7-17-14(18)12-10-15-8-9-16-12/h2-5,12,15-16H,6-10H2,1H3,(H,17,18). The van der Waals surface area contributed by atoms with Gasteiger partial charge in [0.05, 0.1) is 13.2 Å². The normalized spacial score (nSPS) is 18.9. The van der Waals surface area contributed by atoms with Gasteiger partial charge < -0.3 is 20.7 Å². The van der Waals surface area contributed by atoms with Crippen molar-refractivity contribution in [1.82, 2.24) is 16.0 Å². The van der Waals surface area contributed by atoms with Gasteiger partial charge in [0.1, 0.15) is 5.75 Å². The van der Waals surface area contributed by atoms with Crippen molar-refractivity contribution >= 4 is 5.91 Å². The molecule has 1 saturated heterocycles. The first kappa shape index (κ1) is 13.8. The van der Waals surface area contributed by atoms with Crippen LogP contribution in [0.15, 0.2) is 24.3 Å². The van der Waals surface area contributed by atoms with Gasteiger partial charge in [-0.15, -0.1) is 0 Å². The van der Waals surface area contributed by atoms with Crippen molar-refractivity contribution in [2.45, 2.75) is 12.5 Å². The molecule has 1 aromatic rings. The number of hydrogen-bond donors (Lipinski definition) is 3. The van der Waals surface area contributed by atoms with Gasteiger partial charge in [-0.3, -0.25) is 4.79 Å². The molecular formula is C14H21N3O2. The largest absolute Gasteiger partial charge is 0.496 e. The van der Waals surface area contributed by atoms with Crippen LogP contribution in [0.3, 0.4) is 0 Å². The van der Waals surface area contributed by atoms with Crippen LogP contribution < -0.4 is 20.7 Å².